The SMILES string of the molecule is Cc1cc2oc(=O)c(C(CN=O)c3c(O)c4cc(C)c(C)cc4oc3=O)c(O)c2cc1C. The lowest BCUT2D eigenvalue weighted by atomic mass is 9.90. The van der Waals surface area contributed by atoms with E-state index >= 15 is 0 Å². The van der Waals surface area contributed by atoms with E-state index in [2.05, 4.69) is 5.18 Å². The molecule has 164 valence electrons. The molecule has 0 unspecified atom stereocenters. The predicted molar refractivity (Wildman–Crippen MR) is 120 cm³/mol. The maximum absolute atomic E-state index is 12.8. The standard InChI is InChI=1S/C24H21NO7/c1-10-5-14-17(7-12(10)3)31-23(28)19(21(14)26)16(9-25-30)20-22(27)15-6-11(2)13(4)8-18(15)32-24(20)29/h5-8,16,26-27H,9H2,1-4H3. The van der Waals surface area contributed by atoms with Gasteiger partial charge in [0.1, 0.15) is 22.7 Å². The second-order valence-corrected chi connectivity index (χ2v) is 8.03. The zero-order valence-electron chi connectivity index (χ0n) is 18.0. The molecular formula is C24H21NO7. The van der Waals surface area contributed by atoms with Crippen LogP contribution in [0.3, 0.4) is 0 Å². The molecule has 2 heterocycles. The van der Waals surface area contributed by atoms with Gasteiger partial charge in [-0.2, -0.15) is 4.91 Å². The third-order valence-corrected chi connectivity index (χ3v) is 6.01. The molecule has 8 nitrogen and oxygen atoms in total. The normalized spacial score (nSPS) is 11.5. The van der Waals surface area contributed by atoms with E-state index in [9.17, 15) is 24.7 Å². The van der Waals surface area contributed by atoms with E-state index in [0.717, 1.165) is 22.3 Å². The van der Waals surface area contributed by atoms with Crippen molar-refractivity contribution in [2.75, 3.05) is 6.54 Å². The van der Waals surface area contributed by atoms with E-state index in [1.165, 1.54) is 0 Å². The number of fused-ring (bicyclic) bond motifs is 2. The molecule has 0 aliphatic rings. The third-order valence-electron chi connectivity index (χ3n) is 6.01. The Kier molecular flexibility index (Phi) is 5.08. The first-order chi connectivity index (χ1) is 15.1. The zero-order chi connectivity index (χ0) is 23.3. The molecule has 0 amide bonds. The van der Waals surface area contributed by atoms with Crippen molar-refractivity contribution in [1.29, 1.82) is 0 Å². The lowest BCUT2D eigenvalue weighted by molar-refractivity contribution is 0.435. The van der Waals surface area contributed by atoms with Gasteiger partial charge in [0.05, 0.1) is 34.4 Å². The van der Waals surface area contributed by atoms with Crippen LogP contribution in [-0.2, 0) is 0 Å². The van der Waals surface area contributed by atoms with Crippen LogP contribution >= 0.6 is 0 Å². The van der Waals surface area contributed by atoms with Gasteiger partial charge in [-0.1, -0.05) is 5.18 Å². The van der Waals surface area contributed by atoms with Crippen molar-refractivity contribution in [3.63, 3.8) is 0 Å². The Balaban J connectivity index is 2.07. The fraction of sp³-hybridized carbons (Fsp3) is 0.250. The maximum Gasteiger partial charge on any atom is 0.343 e. The monoisotopic (exact) mass is 435 g/mol. The first kappa shape index (κ1) is 21.3. The summed E-state index contributed by atoms with van der Waals surface area (Å²) in [4.78, 5) is 36.9. The Hall–Kier alpha value is -3.94. The molecule has 4 rings (SSSR count). The summed E-state index contributed by atoms with van der Waals surface area (Å²) in [7, 11) is 0. The Morgan fingerprint density at radius 2 is 1.12 bits per heavy atom. The highest BCUT2D eigenvalue weighted by molar-refractivity contribution is 5.88. The van der Waals surface area contributed by atoms with Crippen LogP contribution in [0.15, 0.2) is 47.9 Å². The first-order valence-corrected chi connectivity index (χ1v) is 9.97. The molecule has 0 fully saturated rings. The summed E-state index contributed by atoms with van der Waals surface area (Å²) in [5.41, 5.74) is 1.17. The minimum Gasteiger partial charge on any atom is -0.507 e. The van der Waals surface area contributed by atoms with E-state index in [1.807, 2.05) is 27.7 Å². The summed E-state index contributed by atoms with van der Waals surface area (Å²) < 4.78 is 10.8. The number of hydrogen-bond donors (Lipinski definition) is 2. The van der Waals surface area contributed by atoms with Crippen molar-refractivity contribution in [1.82, 2.24) is 0 Å². The predicted octanol–water partition coefficient (Wildman–Crippen LogP) is 4.44. The lowest BCUT2D eigenvalue weighted by Gasteiger charge is -2.17. The van der Waals surface area contributed by atoms with Crippen molar-refractivity contribution in [3.05, 3.63) is 83.4 Å². The Morgan fingerprint density at radius 1 is 0.750 bits per heavy atom. The highest BCUT2D eigenvalue weighted by Crippen LogP contribution is 2.39. The van der Waals surface area contributed by atoms with Gasteiger partial charge < -0.3 is 19.0 Å². The highest BCUT2D eigenvalue weighted by atomic mass is 16.4. The highest BCUT2D eigenvalue weighted by Gasteiger charge is 2.31. The second-order valence-electron chi connectivity index (χ2n) is 8.03. The molecule has 2 aromatic carbocycles. The minimum atomic E-state index is -1.36. The smallest absolute Gasteiger partial charge is 0.343 e. The summed E-state index contributed by atoms with van der Waals surface area (Å²) in [6, 6.07) is 6.53. The summed E-state index contributed by atoms with van der Waals surface area (Å²) in [6.45, 7) is 6.74. The molecule has 0 bridgehead atoms. The van der Waals surface area contributed by atoms with Crippen molar-refractivity contribution >= 4 is 21.9 Å². The van der Waals surface area contributed by atoms with Crippen molar-refractivity contribution < 1.29 is 19.0 Å². The number of nitroso groups, excluding NO2 is 1. The molecular weight excluding hydrogens is 414 g/mol. The fourth-order valence-corrected chi connectivity index (χ4v) is 3.93. The number of aromatic hydroxyl groups is 2. The van der Waals surface area contributed by atoms with Gasteiger partial charge >= 0.3 is 11.3 Å². The second kappa shape index (κ2) is 7.64. The molecule has 4 aromatic rings. The third kappa shape index (κ3) is 3.24. The van der Waals surface area contributed by atoms with Gasteiger partial charge in [0.2, 0.25) is 0 Å². The van der Waals surface area contributed by atoms with Gasteiger partial charge in [0, 0.05) is 0 Å². The van der Waals surface area contributed by atoms with Crippen LogP contribution in [0.5, 0.6) is 11.5 Å². The Bertz CT molecular complexity index is 1420. The quantitative estimate of drug-likeness (QED) is 0.358. The van der Waals surface area contributed by atoms with Crippen LogP contribution in [0.2, 0.25) is 0 Å². The zero-order valence-corrected chi connectivity index (χ0v) is 18.0. The fourth-order valence-electron chi connectivity index (χ4n) is 3.93. The molecule has 2 N–H and O–H groups in total. The van der Waals surface area contributed by atoms with E-state index in [0.29, 0.717) is 0 Å². The van der Waals surface area contributed by atoms with Gasteiger partial charge in [-0.3, -0.25) is 0 Å². The molecule has 0 spiro atoms. The van der Waals surface area contributed by atoms with Gasteiger partial charge in [-0.05, 0) is 74.2 Å². The largest absolute Gasteiger partial charge is 0.507 e. The van der Waals surface area contributed by atoms with E-state index < -0.39 is 35.2 Å². The maximum atomic E-state index is 12.8. The topological polar surface area (TPSA) is 130 Å². The van der Waals surface area contributed by atoms with Crippen LogP contribution < -0.4 is 11.3 Å². The van der Waals surface area contributed by atoms with Crippen LogP contribution in [0.25, 0.3) is 21.9 Å². The summed E-state index contributed by atoms with van der Waals surface area (Å²) in [5, 5.41) is 25.3. The van der Waals surface area contributed by atoms with Crippen LogP contribution in [0.1, 0.15) is 39.3 Å². The minimum absolute atomic E-state index is 0.165. The molecule has 0 saturated carbocycles. The van der Waals surface area contributed by atoms with Crippen molar-refractivity contribution in [2.45, 2.75) is 33.6 Å². The number of hydrogen-bond acceptors (Lipinski definition) is 8. The van der Waals surface area contributed by atoms with Gasteiger partial charge in [0.25, 0.3) is 0 Å². The Labute approximate surface area is 181 Å². The van der Waals surface area contributed by atoms with E-state index in [4.69, 9.17) is 8.83 Å². The summed E-state index contributed by atoms with van der Waals surface area (Å²) in [5.74, 6) is -2.24. The average Bonchev–Trinajstić information content (AvgIpc) is 2.71. The van der Waals surface area contributed by atoms with Crippen molar-refractivity contribution in [2.24, 2.45) is 5.18 Å². The molecule has 0 aliphatic heterocycles. The van der Waals surface area contributed by atoms with Gasteiger partial charge in [0.15, 0.2) is 0 Å². The summed E-state index contributed by atoms with van der Waals surface area (Å²) in [6.07, 6.45) is 0. The van der Waals surface area contributed by atoms with Crippen LogP contribution in [0, 0.1) is 32.6 Å². The average molecular weight is 435 g/mol. The molecule has 32 heavy (non-hydrogen) atoms. The van der Waals surface area contributed by atoms with Crippen molar-refractivity contribution in [3.8, 4) is 11.5 Å². The molecule has 2 aromatic heterocycles. The molecule has 0 aliphatic carbocycles. The van der Waals surface area contributed by atoms with Crippen LogP contribution in [0.4, 0.5) is 0 Å². The number of rotatable bonds is 4. The molecule has 8 heteroatoms. The molecule has 0 atom stereocenters. The van der Waals surface area contributed by atoms with Gasteiger partial charge in [-0.25, -0.2) is 9.59 Å². The molecule has 0 radical (unpaired) electrons. The molecule has 0 saturated heterocycles. The van der Waals surface area contributed by atoms with E-state index in [1.54, 1.807) is 24.3 Å². The first-order valence-electron chi connectivity index (χ1n) is 9.97. The van der Waals surface area contributed by atoms with Crippen LogP contribution in [-0.4, -0.2) is 16.8 Å². The van der Waals surface area contributed by atoms with Gasteiger partial charge in [-0.15, -0.1) is 0 Å². The lowest BCUT2D eigenvalue weighted by Crippen LogP contribution is -2.22. The number of aryl methyl sites for hydroxylation is 4. The Morgan fingerprint density at radius 3 is 1.50 bits per heavy atom. The number of nitrogens with zero attached hydrogens (tertiary/aromatic N) is 1. The summed E-state index contributed by atoms with van der Waals surface area (Å²) >= 11 is 0. The number of benzene rings is 2. The van der Waals surface area contributed by atoms with E-state index in [-0.39, 0.29) is 33.1 Å².